The smallest absolute Gasteiger partial charge is 0.243 e. The third kappa shape index (κ3) is 3.26. The number of ether oxygens (including phenoxy) is 3. The summed E-state index contributed by atoms with van der Waals surface area (Å²) in [5.41, 5.74) is 6.27. The van der Waals surface area contributed by atoms with Crippen LogP contribution in [-0.2, 0) is 16.1 Å². The third-order valence-electron chi connectivity index (χ3n) is 5.69. The number of fused-ring (bicyclic) bond motifs is 1. The van der Waals surface area contributed by atoms with Crippen LogP contribution in [0, 0.1) is 5.41 Å². The molecule has 2 N–H and O–H groups in total. The Labute approximate surface area is 161 Å². The lowest BCUT2D eigenvalue weighted by Crippen LogP contribution is -2.76. The molecular weight excluding hydrogens is 356 g/mol. The van der Waals surface area contributed by atoms with Crippen LogP contribution in [-0.4, -0.2) is 42.4 Å². The Morgan fingerprint density at radius 1 is 1.31 bits per heavy atom. The molecule has 0 spiro atoms. The van der Waals surface area contributed by atoms with Gasteiger partial charge in [-0.25, -0.2) is 0 Å². The number of carbonyl (C=O) groups is 1. The van der Waals surface area contributed by atoms with Crippen LogP contribution in [0.1, 0.15) is 39.7 Å². The lowest BCUT2D eigenvalue weighted by Gasteiger charge is -2.58. The molecule has 1 amide bonds. The molecule has 2 atom stereocenters. The number of halogens is 1. The first-order valence-electron chi connectivity index (χ1n) is 8.92. The lowest BCUT2D eigenvalue weighted by molar-refractivity contribution is -0.179. The van der Waals surface area contributed by atoms with Gasteiger partial charge in [-0.05, 0) is 31.5 Å². The number of carbonyl (C=O) groups excluding carboxylic acids is 1. The van der Waals surface area contributed by atoms with Gasteiger partial charge >= 0.3 is 0 Å². The Balaban J connectivity index is 0.00000243. The van der Waals surface area contributed by atoms with Gasteiger partial charge in [0.05, 0.1) is 6.10 Å². The fraction of sp³-hybridized carbons (Fsp3) is 0.632. The molecule has 7 heteroatoms. The van der Waals surface area contributed by atoms with Crippen molar-refractivity contribution in [3.8, 4) is 11.5 Å². The molecule has 0 saturated heterocycles. The van der Waals surface area contributed by atoms with Gasteiger partial charge in [0.2, 0.25) is 12.7 Å². The molecule has 0 bridgehead atoms. The van der Waals surface area contributed by atoms with E-state index in [1.165, 1.54) is 0 Å². The maximum Gasteiger partial charge on any atom is 0.243 e. The van der Waals surface area contributed by atoms with Crippen LogP contribution >= 0.6 is 12.4 Å². The number of nitrogens with zero attached hydrogens (tertiary/aromatic N) is 1. The van der Waals surface area contributed by atoms with Gasteiger partial charge in [0.25, 0.3) is 0 Å². The van der Waals surface area contributed by atoms with Crippen LogP contribution in [0.25, 0.3) is 0 Å². The first-order chi connectivity index (χ1) is 11.8. The largest absolute Gasteiger partial charge is 0.454 e. The van der Waals surface area contributed by atoms with Gasteiger partial charge in [-0.1, -0.05) is 19.9 Å². The van der Waals surface area contributed by atoms with Crippen LogP contribution in [0.4, 0.5) is 0 Å². The highest BCUT2D eigenvalue weighted by Crippen LogP contribution is 2.50. The highest BCUT2D eigenvalue weighted by molar-refractivity contribution is 5.89. The highest BCUT2D eigenvalue weighted by atomic mass is 35.5. The molecule has 0 aromatic heterocycles. The molecule has 1 heterocycles. The summed E-state index contributed by atoms with van der Waals surface area (Å²) in [5, 5.41) is 0. The van der Waals surface area contributed by atoms with Crippen molar-refractivity contribution in [2.24, 2.45) is 11.1 Å². The lowest BCUT2D eigenvalue weighted by atomic mass is 9.54. The normalized spacial score (nSPS) is 25.2. The maximum atomic E-state index is 13.2. The Hall–Kier alpha value is -1.50. The van der Waals surface area contributed by atoms with Gasteiger partial charge in [0.1, 0.15) is 5.54 Å². The van der Waals surface area contributed by atoms with E-state index < -0.39 is 5.54 Å². The van der Waals surface area contributed by atoms with Crippen molar-refractivity contribution in [1.29, 1.82) is 0 Å². The third-order valence-corrected chi connectivity index (χ3v) is 5.69. The van der Waals surface area contributed by atoms with Gasteiger partial charge in [0.15, 0.2) is 11.5 Å². The zero-order chi connectivity index (χ0) is 18.2. The van der Waals surface area contributed by atoms with Crippen LogP contribution in [0.3, 0.4) is 0 Å². The fourth-order valence-corrected chi connectivity index (χ4v) is 3.67. The first kappa shape index (κ1) is 20.8. The molecule has 26 heavy (non-hydrogen) atoms. The summed E-state index contributed by atoms with van der Waals surface area (Å²) in [5.74, 6) is 1.45. The molecule has 1 fully saturated rings. The highest BCUT2D eigenvalue weighted by Gasteiger charge is 2.63. The van der Waals surface area contributed by atoms with E-state index in [1.807, 2.05) is 45.9 Å². The molecule has 1 aliphatic carbocycles. The topological polar surface area (TPSA) is 74.0 Å². The maximum absolute atomic E-state index is 13.2. The molecule has 0 radical (unpaired) electrons. The Bertz CT molecular complexity index is 667. The van der Waals surface area contributed by atoms with Gasteiger partial charge in [-0.2, -0.15) is 0 Å². The van der Waals surface area contributed by atoms with Gasteiger partial charge in [-0.15, -0.1) is 12.4 Å². The van der Waals surface area contributed by atoms with Crippen LogP contribution in [0.2, 0.25) is 0 Å². The summed E-state index contributed by atoms with van der Waals surface area (Å²) in [6.07, 6.45) is 0.584. The minimum absolute atomic E-state index is 0. The summed E-state index contributed by atoms with van der Waals surface area (Å²) < 4.78 is 16.5. The van der Waals surface area contributed by atoms with Crippen LogP contribution in [0.5, 0.6) is 11.5 Å². The molecule has 3 rings (SSSR count). The van der Waals surface area contributed by atoms with E-state index in [9.17, 15) is 4.79 Å². The summed E-state index contributed by atoms with van der Waals surface area (Å²) in [4.78, 5) is 15.0. The molecule has 1 aromatic carbocycles. The summed E-state index contributed by atoms with van der Waals surface area (Å²) in [6.45, 7) is 9.95. The van der Waals surface area contributed by atoms with Crippen molar-refractivity contribution in [1.82, 2.24) is 4.90 Å². The number of benzene rings is 1. The van der Waals surface area contributed by atoms with Crippen molar-refractivity contribution in [3.63, 3.8) is 0 Å². The van der Waals surface area contributed by atoms with E-state index in [4.69, 9.17) is 19.9 Å². The Morgan fingerprint density at radius 2 is 2.00 bits per heavy atom. The number of rotatable bonds is 6. The monoisotopic (exact) mass is 384 g/mol. The average Bonchev–Trinajstić information content (AvgIpc) is 3.06. The number of likely N-dealkylation sites (N-methyl/N-ethyl adjacent to an activating group) is 1. The molecule has 1 saturated carbocycles. The Kier molecular flexibility index (Phi) is 6.10. The van der Waals surface area contributed by atoms with E-state index in [-0.39, 0.29) is 36.6 Å². The summed E-state index contributed by atoms with van der Waals surface area (Å²) >= 11 is 0. The van der Waals surface area contributed by atoms with E-state index in [0.717, 1.165) is 17.1 Å². The minimum Gasteiger partial charge on any atom is -0.454 e. The van der Waals surface area contributed by atoms with Crippen molar-refractivity contribution >= 4 is 18.3 Å². The molecule has 2 aliphatic rings. The number of amides is 1. The zero-order valence-corrected chi connectivity index (χ0v) is 16.7. The molecule has 2 unspecified atom stereocenters. The molecule has 146 valence electrons. The summed E-state index contributed by atoms with van der Waals surface area (Å²) in [6, 6.07) is 5.77. The SMILES string of the molecule is CCOC1CC(N)(C(=O)N(CC)Cc2ccc3c(c2)OCO3)C1(C)C.Cl. The second-order valence-corrected chi connectivity index (χ2v) is 7.35. The van der Waals surface area contributed by atoms with Gasteiger partial charge in [0, 0.05) is 31.5 Å². The zero-order valence-electron chi connectivity index (χ0n) is 15.9. The fourth-order valence-electron chi connectivity index (χ4n) is 3.67. The predicted octanol–water partition coefficient (Wildman–Crippen LogP) is 2.72. The molecular formula is C19H29ClN2O4. The van der Waals surface area contributed by atoms with Crippen molar-refractivity contribution < 1.29 is 19.0 Å². The van der Waals surface area contributed by atoms with E-state index >= 15 is 0 Å². The molecule has 1 aromatic rings. The summed E-state index contributed by atoms with van der Waals surface area (Å²) in [7, 11) is 0. The molecule has 1 aliphatic heterocycles. The quantitative estimate of drug-likeness (QED) is 0.816. The van der Waals surface area contributed by atoms with Crippen LogP contribution in [0.15, 0.2) is 18.2 Å². The van der Waals surface area contributed by atoms with Crippen molar-refractivity contribution in [2.45, 2.75) is 52.3 Å². The van der Waals surface area contributed by atoms with Gasteiger partial charge in [-0.3, -0.25) is 4.79 Å². The average molecular weight is 385 g/mol. The number of hydrogen-bond acceptors (Lipinski definition) is 5. The van der Waals surface area contributed by atoms with Crippen LogP contribution < -0.4 is 15.2 Å². The van der Waals surface area contributed by atoms with Crippen molar-refractivity contribution in [3.05, 3.63) is 23.8 Å². The second kappa shape index (κ2) is 7.62. The standard InChI is InChI=1S/C19H28N2O4.ClH/c1-5-21(11-13-7-8-14-15(9-13)25-12-24-14)17(22)19(20)10-16(23-6-2)18(19,3)4;/h7-9,16H,5-6,10-12,20H2,1-4H3;1H. The predicted molar refractivity (Wildman–Crippen MR) is 102 cm³/mol. The van der Waals surface area contributed by atoms with Crippen molar-refractivity contribution in [2.75, 3.05) is 19.9 Å². The van der Waals surface area contributed by atoms with E-state index in [0.29, 0.717) is 26.1 Å². The number of hydrogen-bond donors (Lipinski definition) is 1. The first-order valence-corrected chi connectivity index (χ1v) is 8.92. The minimum atomic E-state index is -0.890. The van der Waals surface area contributed by atoms with E-state index in [2.05, 4.69) is 0 Å². The molecule has 6 nitrogen and oxygen atoms in total. The van der Waals surface area contributed by atoms with Gasteiger partial charge < -0.3 is 24.8 Å². The Morgan fingerprint density at radius 3 is 2.62 bits per heavy atom. The van der Waals surface area contributed by atoms with E-state index in [1.54, 1.807) is 4.90 Å². The second-order valence-electron chi connectivity index (χ2n) is 7.35. The number of nitrogens with two attached hydrogens (primary N) is 1.